The molecule has 0 spiro atoms. The molecule has 2 aromatic rings. The molecule has 2 aliphatic rings. The van der Waals surface area contributed by atoms with Crippen molar-refractivity contribution in [3.63, 3.8) is 0 Å². The molecule has 26 heavy (non-hydrogen) atoms. The van der Waals surface area contributed by atoms with Crippen molar-refractivity contribution in [2.24, 2.45) is 0 Å². The van der Waals surface area contributed by atoms with Crippen molar-refractivity contribution < 1.29 is 9.53 Å². The Morgan fingerprint density at radius 1 is 1.31 bits per heavy atom. The fraction of sp³-hybridized carbons (Fsp3) is 0.500. The van der Waals surface area contributed by atoms with E-state index in [-0.39, 0.29) is 5.91 Å². The van der Waals surface area contributed by atoms with Gasteiger partial charge in [-0.25, -0.2) is 4.68 Å². The number of fused-ring (bicyclic) bond motifs is 2. The zero-order valence-corrected chi connectivity index (χ0v) is 15.0. The normalized spacial score (nSPS) is 15.3. The molecule has 8 nitrogen and oxygen atoms in total. The smallest absolute Gasteiger partial charge is 0.242 e. The lowest BCUT2D eigenvalue weighted by molar-refractivity contribution is -0.130. The highest BCUT2D eigenvalue weighted by molar-refractivity contribution is 5.73. The number of nitrogens with one attached hydrogen (secondary N) is 2. The minimum Gasteiger partial charge on any atom is -0.493 e. The molecule has 0 fully saturated rings. The maximum absolute atomic E-state index is 11.5. The predicted molar refractivity (Wildman–Crippen MR) is 97.0 cm³/mol. The first-order valence-corrected chi connectivity index (χ1v) is 9.07. The Morgan fingerprint density at radius 3 is 3.12 bits per heavy atom. The number of ether oxygens (including phenoxy) is 1. The predicted octanol–water partition coefficient (Wildman–Crippen LogP) is 0.777. The molecule has 0 unspecified atom stereocenters. The Bertz CT molecular complexity index is 803. The zero-order valence-electron chi connectivity index (χ0n) is 15.0. The summed E-state index contributed by atoms with van der Waals surface area (Å²) >= 11 is 0. The van der Waals surface area contributed by atoms with Crippen molar-refractivity contribution in [3.8, 4) is 5.75 Å². The molecule has 0 saturated carbocycles. The van der Waals surface area contributed by atoms with E-state index < -0.39 is 0 Å². The third kappa shape index (κ3) is 3.65. The van der Waals surface area contributed by atoms with Crippen LogP contribution in [0.25, 0.3) is 0 Å². The van der Waals surface area contributed by atoms with Gasteiger partial charge in [-0.05, 0) is 17.2 Å². The number of nitrogens with zero attached hydrogens (tertiary/aromatic N) is 4. The molecule has 1 aromatic carbocycles. The van der Waals surface area contributed by atoms with Crippen molar-refractivity contribution in [1.29, 1.82) is 0 Å². The van der Waals surface area contributed by atoms with Gasteiger partial charge in [0.2, 0.25) is 11.9 Å². The summed E-state index contributed by atoms with van der Waals surface area (Å²) in [7, 11) is 0. The van der Waals surface area contributed by atoms with Crippen LogP contribution in [-0.4, -0.2) is 51.8 Å². The lowest BCUT2D eigenvalue weighted by Gasteiger charge is -2.25. The van der Waals surface area contributed by atoms with Crippen LogP contribution in [0.15, 0.2) is 18.2 Å². The number of hydrogen-bond donors (Lipinski definition) is 2. The van der Waals surface area contributed by atoms with Gasteiger partial charge in [0.1, 0.15) is 11.6 Å². The number of benzene rings is 1. The highest BCUT2D eigenvalue weighted by atomic mass is 16.5. The van der Waals surface area contributed by atoms with E-state index in [2.05, 4.69) is 38.9 Å². The van der Waals surface area contributed by atoms with Crippen LogP contribution < -0.4 is 15.4 Å². The molecular formula is C18H24N6O2. The summed E-state index contributed by atoms with van der Waals surface area (Å²) in [6, 6.07) is 6.43. The molecule has 0 aliphatic carbocycles. The largest absolute Gasteiger partial charge is 0.493 e. The summed E-state index contributed by atoms with van der Waals surface area (Å²) < 4.78 is 7.48. The van der Waals surface area contributed by atoms with E-state index >= 15 is 0 Å². The Balaban J connectivity index is 1.21. The first-order chi connectivity index (χ1) is 12.7. The van der Waals surface area contributed by atoms with Crippen molar-refractivity contribution in [2.75, 3.05) is 31.6 Å². The minimum atomic E-state index is 0.0786. The highest BCUT2D eigenvalue weighted by Crippen LogP contribution is 2.25. The molecule has 3 heterocycles. The standard InChI is InChI=1S/C18H24N6O2/c1-13(25)23-7-8-24-17(12-23)21-18(22-24)20-6-5-19-11-14-2-3-15-4-9-26-16(15)10-14/h2-3,10,19H,4-9,11-12H2,1H3,(H,20,22). The molecule has 138 valence electrons. The molecule has 0 bridgehead atoms. The summed E-state index contributed by atoms with van der Waals surface area (Å²) in [5.74, 6) is 2.56. The van der Waals surface area contributed by atoms with Gasteiger partial charge in [0.25, 0.3) is 0 Å². The van der Waals surface area contributed by atoms with Crippen LogP contribution in [0.3, 0.4) is 0 Å². The van der Waals surface area contributed by atoms with Gasteiger partial charge in [-0.2, -0.15) is 4.98 Å². The van der Waals surface area contributed by atoms with Gasteiger partial charge in [0.05, 0.1) is 19.7 Å². The van der Waals surface area contributed by atoms with Gasteiger partial charge in [-0.15, -0.1) is 5.10 Å². The third-order valence-corrected chi connectivity index (χ3v) is 4.78. The molecular weight excluding hydrogens is 332 g/mol. The van der Waals surface area contributed by atoms with Crippen LogP contribution in [0.1, 0.15) is 23.9 Å². The SMILES string of the molecule is CC(=O)N1CCn2nc(NCCNCc3ccc4c(c3)OCC4)nc2C1. The Hall–Kier alpha value is -2.61. The third-order valence-electron chi connectivity index (χ3n) is 4.78. The quantitative estimate of drug-likeness (QED) is 0.744. The van der Waals surface area contributed by atoms with Crippen LogP contribution in [0.4, 0.5) is 5.95 Å². The molecule has 2 N–H and O–H groups in total. The first-order valence-electron chi connectivity index (χ1n) is 9.07. The fourth-order valence-corrected chi connectivity index (χ4v) is 3.30. The summed E-state index contributed by atoms with van der Waals surface area (Å²) in [5, 5.41) is 11.1. The second-order valence-corrected chi connectivity index (χ2v) is 6.66. The van der Waals surface area contributed by atoms with Crippen LogP contribution in [0, 0.1) is 0 Å². The van der Waals surface area contributed by atoms with E-state index in [1.165, 1.54) is 11.1 Å². The van der Waals surface area contributed by atoms with Crippen LogP contribution in [0.2, 0.25) is 0 Å². The maximum atomic E-state index is 11.5. The number of amides is 1. The van der Waals surface area contributed by atoms with Crippen molar-refractivity contribution in [2.45, 2.75) is 33.0 Å². The number of carbonyl (C=O) groups is 1. The van der Waals surface area contributed by atoms with E-state index in [1.54, 1.807) is 11.8 Å². The lowest BCUT2D eigenvalue weighted by atomic mass is 10.1. The van der Waals surface area contributed by atoms with Gasteiger partial charge in [0.15, 0.2) is 0 Å². The molecule has 4 rings (SSSR count). The summed E-state index contributed by atoms with van der Waals surface area (Å²) in [4.78, 5) is 17.7. The van der Waals surface area contributed by atoms with Crippen molar-refractivity contribution in [1.82, 2.24) is 25.0 Å². The maximum Gasteiger partial charge on any atom is 0.242 e. The van der Waals surface area contributed by atoms with E-state index in [4.69, 9.17) is 4.74 Å². The van der Waals surface area contributed by atoms with Crippen LogP contribution >= 0.6 is 0 Å². The molecule has 1 amide bonds. The molecule has 1 aromatic heterocycles. The molecule has 0 atom stereocenters. The van der Waals surface area contributed by atoms with Crippen LogP contribution in [-0.2, 0) is 30.8 Å². The molecule has 2 aliphatic heterocycles. The topological polar surface area (TPSA) is 84.3 Å². The van der Waals surface area contributed by atoms with E-state index in [0.29, 0.717) is 25.6 Å². The van der Waals surface area contributed by atoms with Gasteiger partial charge >= 0.3 is 0 Å². The Labute approximate surface area is 152 Å². The first kappa shape index (κ1) is 16.8. The van der Waals surface area contributed by atoms with Gasteiger partial charge < -0.3 is 20.3 Å². The highest BCUT2D eigenvalue weighted by Gasteiger charge is 2.21. The van der Waals surface area contributed by atoms with Crippen molar-refractivity contribution >= 4 is 11.9 Å². The lowest BCUT2D eigenvalue weighted by Crippen LogP contribution is -2.37. The second-order valence-electron chi connectivity index (χ2n) is 6.66. The Kier molecular flexibility index (Phi) is 4.75. The average molecular weight is 356 g/mol. The number of aromatic nitrogens is 3. The number of anilines is 1. The number of hydrogen-bond acceptors (Lipinski definition) is 6. The fourth-order valence-electron chi connectivity index (χ4n) is 3.30. The van der Waals surface area contributed by atoms with Gasteiger partial charge in [-0.1, -0.05) is 12.1 Å². The van der Waals surface area contributed by atoms with Crippen LogP contribution in [0.5, 0.6) is 5.75 Å². The molecule has 8 heteroatoms. The van der Waals surface area contributed by atoms with E-state index in [0.717, 1.165) is 44.2 Å². The van der Waals surface area contributed by atoms with E-state index in [1.807, 2.05) is 4.68 Å². The van der Waals surface area contributed by atoms with Crippen molar-refractivity contribution in [3.05, 3.63) is 35.2 Å². The summed E-state index contributed by atoms with van der Waals surface area (Å²) in [6.45, 7) is 6.65. The molecule has 0 saturated heterocycles. The minimum absolute atomic E-state index is 0.0786. The molecule has 0 radical (unpaired) electrons. The Morgan fingerprint density at radius 2 is 2.23 bits per heavy atom. The number of carbonyl (C=O) groups excluding carboxylic acids is 1. The monoisotopic (exact) mass is 356 g/mol. The summed E-state index contributed by atoms with van der Waals surface area (Å²) in [6.07, 6.45) is 1.01. The number of rotatable bonds is 6. The summed E-state index contributed by atoms with van der Waals surface area (Å²) in [5.41, 5.74) is 2.53. The van der Waals surface area contributed by atoms with Gasteiger partial charge in [-0.3, -0.25) is 4.79 Å². The van der Waals surface area contributed by atoms with E-state index in [9.17, 15) is 4.79 Å². The second kappa shape index (κ2) is 7.33. The average Bonchev–Trinajstić information content (AvgIpc) is 3.26. The van der Waals surface area contributed by atoms with Gasteiger partial charge in [0, 0.05) is 39.5 Å². The zero-order chi connectivity index (χ0) is 17.9.